The van der Waals surface area contributed by atoms with Gasteiger partial charge in [0.05, 0.1) is 6.04 Å². The highest BCUT2D eigenvalue weighted by Gasteiger charge is 2.17. The van der Waals surface area contributed by atoms with E-state index in [2.05, 4.69) is 38.5 Å². The fourth-order valence-corrected chi connectivity index (χ4v) is 2.36. The first kappa shape index (κ1) is 12.7. The molecule has 2 heterocycles. The summed E-state index contributed by atoms with van der Waals surface area (Å²) in [6.07, 6.45) is 7.39. The van der Waals surface area contributed by atoms with Gasteiger partial charge in [0.25, 0.3) is 0 Å². The van der Waals surface area contributed by atoms with Gasteiger partial charge in [-0.2, -0.15) is 0 Å². The Morgan fingerprint density at radius 1 is 1.05 bits per heavy atom. The molecule has 4 nitrogen and oxygen atoms in total. The van der Waals surface area contributed by atoms with Crippen LogP contribution in [0.2, 0.25) is 0 Å². The van der Waals surface area contributed by atoms with Crippen LogP contribution >= 0.6 is 0 Å². The number of hydrogen-bond donors (Lipinski definition) is 1. The lowest BCUT2D eigenvalue weighted by Gasteiger charge is -2.17. The molecule has 4 heteroatoms. The zero-order valence-corrected chi connectivity index (χ0v) is 11.5. The van der Waals surface area contributed by atoms with Crippen molar-refractivity contribution < 1.29 is 0 Å². The van der Waals surface area contributed by atoms with Crippen LogP contribution in [0, 0.1) is 6.92 Å². The van der Waals surface area contributed by atoms with Crippen molar-refractivity contribution in [1.82, 2.24) is 20.3 Å². The number of aromatic nitrogens is 3. The highest BCUT2D eigenvalue weighted by Crippen LogP contribution is 2.26. The van der Waals surface area contributed by atoms with E-state index in [4.69, 9.17) is 0 Å². The smallest absolute Gasteiger partial charge is 0.149 e. The molecule has 0 amide bonds. The van der Waals surface area contributed by atoms with E-state index >= 15 is 0 Å². The molecule has 0 aliphatic rings. The summed E-state index contributed by atoms with van der Waals surface area (Å²) in [5.41, 5.74) is 2.20. The predicted molar refractivity (Wildman–Crippen MR) is 79.4 cm³/mol. The lowest BCUT2D eigenvalue weighted by Crippen LogP contribution is -2.20. The second kappa shape index (κ2) is 5.35. The zero-order chi connectivity index (χ0) is 13.9. The third-order valence-corrected chi connectivity index (χ3v) is 3.38. The van der Waals surface area contributed by atoms with E-state index in [1.165, 1.54) is 5.39 Å². The molecule has 0 radical (unpaired) electrons. The SMILES string of the molecule is CNC(c1ncc(C)cn1)c1cccc2ccncc12. The van der Waals surface area contributed by atoms with Gasteiger partial charge in [-0.05, 0) is 36.6 Å². The van der Waals surface area contributed by atoms with E-state index < -0.39 is 0 Å². The Hall–Kier alpha value is -2.33. The molecule has 1 aromatic carbocycles. The fourth-order valence-electron chi connectivity index (χ4n) is 2.36. The number of nitrogens with one attached hydrogen (secondary N) is 1. The number of benzene rings is 1. The van der Waals surface area contributed by atoms with E-state index in [9.17, 15) is 0 Å². The highest BCUT2D eigenvalue weighted by molar-refractivity contribution is 5.85. The molecule has 100 valence electrons. The van der Waals surface area contributed by atoms with Crippen molar-refractivity contribution in [2.75, 3.05) is 7.05 Å². The molecule has 0 bridgehead atoms. The molecule has 3 rings (SSSR count). The molecule has 1 N–H and O–H groups in total. The van der Waals surface area contributed by atoms with Gasteiger partial charge in [-0.25, -0.2) is 9.97 Å². The molecule has 2 aromatic heterocycles. The second-order valence-corrected chi connectivity index (χ2v) is 4.78. The first-order valence-electron chi connectivity index (χ1n) is 6.58. The lowest BCUT2D eigenvalue weighted by molar-refractivity contribution is 0.649. The minimum atomic E-state index is -0.0384. The first-order chi connectivity index (χ1) is 9.79. The molecular formula is C16H16N4. The van der Waals surface area contributed by atoms with Crippen LogP contribution in [0.4, 0.5) is 0 Å². The monoisotopic (exact) mass is 264 g/mol. The van der Waals surface area contributed by atoms with Crippen LogP contribution < -0.4 is 5.32 Å². The van der Waals surface area contributed by atoms with Crippen molar-refractivity contribution in [1.29, 1.82) is 0 Å². The molecule has 3 aromatic rings. The number of rotatable bonds is 3. The average molecular weight is 264 g/mol. The van der Waals surface area contributed by atoms with Crippen molar-refractivity contribution in [2.24, 2.45) is 0 Å². The van der Waals surface area contributed by atoms with Crippen LogP contribution in [0.1, 0.15) is 23.0 Å². The Balaban J connectivity index is 2.14. The van der Waals surface area contributed by atoms with Gasteiger partial charge in [-0.3, -0.25) is 4.98 Å². The van der Waals surface area contributed by atoms with E-state index in [1.54, 1.807) is 0 Å². The predicted octanol–water partition coefficient (Wildman–Crippen LogP) is 2.64. The standard InChI is InChI=1S/C16H16N4/c1-11-8-19-16(20-9-11)15(17-2)13-5-3-4-12-6-7-18-10-14(12)13/h3-10,15,17H,1-2H3. The molecule has 0 aliphatic carbocycles. The van der Waals surface area contributed by atoms with Crippen molar-refractivity contribution in [3.8, 4) is 0 Å². The fraction of sp³-hybridized carbons (Fsp3) is 0.188. The number of aryl methyl sites for hydroxylation is 1. The average Bonchev–Trinajstić information content (AvgIpc) is 2.50. The van der Waals surface area contributed by atoms with Crippen LogP contribution in [0.3, 0.4) is 0 Å². The lowest BCUT2D eigenvalue weighted by atomic mass is 10.00. The van der Waals surface area contributed by atoms with Gasteiger partial charge >= 0.3 is 0 Å². The summed E-state index contributed by atoms with van der Waals surface area (Å²) >= 11 is 0. The molecule has 1 unspecified atom stereocenters. The van der Waals surface area contributed by atoms with Crippen molar-refractivity contribution in [2.45, 2.75) is 13.0 Å². The Bertz CT molecular complexity index is 717. The normalized spacial score (nSPS) is 12.5. The van der Waals surface area contributed by atoms with Gasteiger partial charge in [0, 0.05) is 30.2 Å². The van der Waals surface area contributed by atoms with Gasteiger partial charge in [0.2, 0.25) is 0 Å². The first-order valence-corrected chi connectivity index (χ1v) is 6.58. The molecule has 20 heavy (non-hydrogen) atoms. The maximum Gasteiger partial charge on any atom is 0.149 e. The van der Waals surface area contributed by atoms with Crippen molar-refractivity contribution in [3.05, 3.63) is 66.0 Å². The quantitative estimate of drug-likeness (QED) is 0.790. The molecular weight excluding hydrogens is 248 g/mol. The van der Waals surface area contributed by atoms with E-state index in [0.717, 1.165) is 22.3 Å². The molecule has 0 aliphatic heterocycles. The Morgan fingerprint density at radius 2 is 1.85 bits per heavy atom. The van der Waals surface area contributed by atoms with Crippen LogP contribution in [0.25, 0.3) is 10.8 Å². The van der Waals surface area contributed by atoms with Crippen molar-refractivity contribution >= 4 is 10.8 Å². The maximum atomic E-state index is 4.44. The Morgan fingerprint density at radius 3 is 2.60 bits per heavy atom. The van der Waals surface area contributed by atoms with E-state index in [0.29, 0.717) is 0 Å². The minimum Gasteiger partial charge on any atom is -0.307 e. The summed E-state index contributed by atoms with van der Waals surface area (Å²) in [6.45, 7) is 1.99. The largest absolute Gasteiger partial charge is 0.307 e. The number of hydrogen-bond acceptors (Lipinski definition) is 4. The van der Waals surface area contributed by atoms with Crippen LogP contribution in [0.5, 0.6) is 0 Å². The van der Waals surface area contributed by atoms with Gasteiger partial charge < -0.3 is 5.32 Å². The molecule has 0 spiro atoms. The minimum absolute atomic E-state index is 0.0384. The van der Waals surface area contributed by atoms with Crippen LogP contribution in [-0.2, 0) is 0 Å². The number of fused-ring (bicyclic) bond motifs is 1. The summed E-state index contributed by atoms with van der Waals surface area (Å²) in [5.74, 6) is 0.773. The Labute approximate surface area is 117 Å². The van der Waals surface area contributed by atoms with Crippen LogP contribution in [-0.4, -0.2) is 22.0 Å². The van der Waals surface area contributed by atoms with Gasteiger partial charge in [0.15, 0.2) is 0 Å². The topological polar surface area (TPSA) is 50.7 Å². The number of nitrogens with zero attached hydrogens (tertiary/aromatic N) is 3. The van der Waals surface area contributed by atoms with Crippen molar-refractivity contribution in [3.63, 3.8) is 0 Å². The summed E-state index contributed by atoms with van der Waals surface area (Å²) < 4.78 is 0. The van der Waals surface area contributed by atoms with Gasteiger partial charge in [-0.1, -0.05) is 18.2 Å². The van der Waals surface area contributed by atoms with E-state index in [-0.39, 0.29) is 6.04 Å². The third-order valence-electron chi connectivity index (χ3n) is 3.38. The van der Waals surface area contributed by atoms with E-state index in [1.807, 2.05) is 44.8 Å². The molecule has 0 saturated carbocycles. The Kier molecular flexibility index (Phi) is 3.39. The summed E-state index contributed by atoms with van der Waals surface area (Å²) in [7, 11) is 1.92. The van der Waals surface area contributed by atoms with Crippen LogP contribution in [0.15, 0.2) is 49.1 Å². The second-order valence-electron chi connectivity index (χ2n) is 4.78. The molecule has 0 saturated heterocycles. The van der Waals surface area contributed by atoms with Gasteiger partial charge in [0.1, 0.15) is 5.82 Å². The third kappa shape index (κ3) is 2.26. The summed E-state index contributed by atoms with van der Waals surface area (Å²) in [4.78, 5) is 13.1. The van der Waals surface area contributed by atoms with Gasteiger partial charge in [-0.15, -0.1) is 0 Å². The maximum absolute atomic E-state index is 4.44. The summed E-state index contributed by atoms with van der Waals surface area (Å²) in [5, 5.41) is 5.59. The molecule has 1 atom stereocenters. The molecule has 0 fully saturated rings. The number of pyridine rings is 1. The zero-order valence-electron chi connectivity index (χ0n) is 11.5. The highest BCUT2D eigenvalue weighted by atomic mass is 15.0. The summed E-state index contributed by atoms with van der Waals surface area (Å²) in [6, 6.07) is 8.21.